The van der Waals surface area contributed by atoms with Crippen LogP contribution >= 0.6 is 24.0 Å². The summed E-state index contributed by atoms with van der Waals surface area (Å²) in [5, 5.41) is 9.33. The minimum atomic E-state index is 0. The second kappa shape index (κ2) is 16.3. The highest BCUT2D eigenvalue weighted by atomic mass is 127. The number of halogens is 1. The van der Waals surface area contributed by atoms with Gasteiger partial charge in [-0.05, 0) is 26.2 Å². The smallest absolute Gasteiger partial charge is 0.221 e. The molecule has 0 heterocycles. The van der Waals surface area contributed by atoms with E-state index in [-0.39, 0.29) is 35.9 Å². The summed E-state index contributed by atoms with van der Waals surface area (Å²) in [6.07, 6.45) is 6.85. The van der Waals surface area contributed by atoms with Crippen LogP contribution in [-0.2, 0) is 4.79 Å². The first-order valence-electron chi connectivity index (χ1n) is 8.69. The van der Waals surface area contributed by atoms with Crippen molar-refractivity contribution in [2.75, 3.05) is 20.1 Å². The minimum Gasteiger partial charge on any atom is -0.356 e. The van der Waals surface area contributed by atoms with E-state index < -0.39 is 0 Å². The monoisotopic (exact) mass is 440 g/mol. The number of guanidine groups is 1. The summed E-state index contributed by atoms with van der Waals surface area (Å²) < 4.78 is 0. The number of carbonyl (C=O) groups excluding carboxylic acids is 1. The maximum Gasteiger partial charge on any atom is 0.221 e. The van der Waals surface area contributed by atoms with Crippen LogP contribution in [0.1, 0.15) is 66.2 Å². The lowest BCUT2D eigenvalue weighted by Gasteiger charge is -2.12. The Balaban J connectivity index is 0. The van der Waals surface area contributed by atoms with Crippen molar-refractivity contribution >= 4 is 35.8 Å². The molecule has 0 spiro atoms. The largest absolute Gasteiger partial charge is 0.356 e. The molecule has 0 aromatic heterocycles. The van der Waals surface area contributed by atoms with Crippen molar-refractivity contribution in [1.82, 2.24) is 16.0 Å². The summed E-state index contributed by atoms with van der Waals surface area (Å²) in [7, 11) is 1.76. The van der Waals surface area contributed by atoms with Crippen molar-refractivity contribution in [3.05, 3.63) is 0 Å². The standard InChI is InChI=1S/C17H36N4O.HI/c1-14(2)10-8-6-7-9-12-19-17(18-5)20-13-11-16(22)21-15(3)4;/h14-15H,6-13H2,1-5H3,(H,21,22)(H2,18,19,20);1H. The number of nitrogens with zero attached hydrogens (tertiary/aromatic N) is 1. The number of rotatable bonds is 11. The highest BCUT2D eigenvalue weighted by Gasteiger charge is 2.03. The van der Waals surface area contributed by atoms with Crippen molar-refractivity contribution < 1.29 is 4.79 Å². The summed E-state index contributed by atoms with van der Waals surface area (Å²) in [5.41, 5.74) is 0. The van der Waals surface area contributed by atoms with Crippen LogP contribution < -0.4 is 16.0 Å². The predicted molar refractivity (Wildman–Crippen MR) is 111 cm³/mol. The fourth-order valence-electron chi connectivity index (χ4n) is 2.15. The SMILES string of the molecule is CN=C(NCCCCCCC(C)C)NCCC(=O)NC(C)C.I. The van der Waals surface area contributed by atoms with Gasteiger partial charge in [0.05, 0.1) is 0 Å². The molecule has 1 amide bonds. The Bertz CT molecular complexity index is 320. The molecule has 5 nitrogen and oxygen atoms in total. The average molecular weight is 440 g/mol. The molecule has 0 aliphatic rings. The molecule has 0 aromatic rings. The van der Waals surface area contributed by atoms with Gasteiger partial charge in [-0.15, -0.1) is 24.0 Å². The molecule has 0 saturated heterocycles. The predicted octanol–water partition coefficient (Wildman–Crippen LogP) is 3.29. The normalized spacial score (nSPS) is 11.3. The lowest BCUT2D eigenvalue weighted by atomic mass is 10.0. The number of aliphatic imine (C=N–C) groups is 1. The minimum absolute atomic E-state index is 0. The second-order valence-electron chi connectivity index (χ2n) is 6.49. The summed E-state index contributed by atoms with van der Waals surface area (Å²) in [6, 6.07) is 0.195. The quantitative estimate of drug-likeness (QED) is 0.200. The first-order chi connectivity index (χ1) is 10.5. The van der Waals surface area contributed by atoms with Gasteiger partial charge in [0.2, 0.25) is 5.91 Å². The fraction of sp³-hybridized carbons (Fsp3) is 0.882. The van der Waals surface area contributed by atoms with Crippen LogP contribution in [0.3, 0.4) is 0 Å². The van der Waals surface area contributed by atoms with Gasteiger partial charge in [0.25, 0.3) is 0 Å². The molecule has 0 aromatic carbocycles. The van der Waals surface area contributed by atoms with E-state index in [1.807, 2.05) is 13.8 Å². The van der Waals surface area contributed by atoms with E-state index in [0.717, 1.165) is 24.8 Å². The first-order valence-corrected chi connectivity index (χ1v) is 8.69. The Morgan fingerprint density at radius 2 is 1.57 bits per heavy atom. The molecule has 0 fully saturated rings. The van der Waals surface area contributed by atoms with Gasteiger partial charge >= 0.3 is 0 Å². The molecule has 6 heteroatoms. The second-order valence-corrected chi connectivity index (χ2v) is 6.49. The zero-order chi connectivity index (χ0) is 16.8. The van der Waals surface area contributed by atoms with Gasteiger partial charge in [0.15, 0.2) is 5.96 Å². The Hall–Kier alpha value is -0.530. The third-order valence-electron chi connectivity index (χ3n) is 3.32. The number of hydrogen-bond donors (Lipinski definition) is 3. The van der Waals surface area contributed by atoms with Crippen LogP contribution in [-0.4, -0.2) is 38.0 Å². The van der Waals surface area contributed by atoms with E-state index in [9.17, 15) is 4.79 Å². The summed E-state index contributed by atoms with van der Waals surface area (Å²) in [6.45, 7) is 10.0. The van der Waals surface area contributed by atoms with Gasteiger partial charge in [-0.25, -0.2) is 0 Å². The van der Waals surface area contributed by atoms with E-state index in [1.54, 1.807) is 7.05 Å². The molecule has 0 aliphatic carbocycles. The Morgan fingerprint density at radius 1 is 0.957 bits per heavy atom. The third kappa shape index (κ3) is 17.7. The van der Waals surface area contributed by atoms with Crippen LogP contribution in [0.5, 0.6) is 0 Å². The van der Waals surface area contributed by atoms with E-state index in [4.69, 9.17) is 0 Å². The molecule has 0 radical (unpaired) electrons. The average Bonchev–Trinajstić information content (AvgIpc) is 2.43. The lowest BCUT2D eigenvalue weighted by Crippen LogP contribution is -2.40. The molecule has 0 rings (SSSR count). The van der Waals surface area contributed by atoms with Gasteiger partial charge in [0.1, 0.15) is 0 Å². The number of unbranched alkanes of at least 4 members (excludes halogenated alkanes) is 3. The van der Waals surface area contributed by atoms with Gasteiger partial charge in [-0.2, -0.15) is 0 Å². The molecule has 138 valence electrons. The molecule has 0 saturated carbocycles. The van der Waals surface area contributed by atoms with E-state index in [2.05, 4.69) is 34.8 Å². The van der Waals surface area contributed by atoms with Crippen molar-refractivity contribution in [3.63, 3.8) is 0 Å². The first kappa shape index (κ1) is 24.7. The third-order valence-corrected chi connectivity index (χ3v) is 3.32. The van der Waals surface area contributed by atoms with E-state index in [1.165, 1.54) is 25.7 Å². The highest BCUT2D eigenvalue weighted by molar-refractivity contribution is 14.0. The molecule has 0 aliphatic heterocycles. The summed E-state index contributed by atoms with van der Waals surface area (Å²) in [5.74, 6) is 1.66. The van der Waals surface area contributed by atoms with Crippen molar-refractivity contribution in [2.24, 2.45) is 10.9 Å². The van der Waals surface area contributed by atoms with Gasteiger partial charge in [-0.3, -0.25) is 9.79 Å². The van der Waals surface area contributed by atoms with Gasteiger partial charge in [0, 0.05) is 32.6 Å². The topological polar surface area (TPSA) is 65.5 Å². The Morgan fingerprint density at radius 3 is 2.13 bits per heavy atom. The molecular weight excluding hydrogens is 403 g/mol. The number of hydrogen-bond acceptors (Lipinski definition) is 2. The summed E-state index contributed by atoms with van der Waals surface area (Å²) >= 11 is 0. The van der Waals surface area contributed by atoms with Gasteiger partial charge < -0.3 is 16.0 Å². The van der Waals surface area contributed by atoms with Crippen LogP contribution in [0.4, 0.5) is 0 Å². The molecule has 23 heavy (non-hydrogen) atoms. The Kier molecular flexibility index (Phi) is 17.6. The Labute approximate surface area is 159 Å². The van der Waals surface area contributed by atoms with Crippen molar-refractivity contribution in [2.45, 2.75) is 72.3 Å². The molecule has 0 unspecified atom stereocenters. The van der Waals surface area contributed by atoms with Crippen molar-refractivity contribution in [3.8, 4) is 0 Å². The van der Waals surface area contributed by atoms with E-state index in [0.29, 0.717) is 13.0 Å². The van der Waals surface area contributed by atoms with Gasteiger partial charge in [-0.1, -0.05) is 39.5 Å². The maximum atomic E-state index is 11.5. The van der Waals surface area contributed by atoms with E-state index >= 15 is 0 Å². The fourth-order valence-corrected chi connectivity index (χ4v) is 2.15. The highest BCUT2D eigenvalue weighted by Crippen LogP contribution is 2.08. The number of carbonyl (C=O) groups is 1. The molecule has 0 bridgehead atoms. The molecule has 3 N–H and O–H groups in total. The van der Waals surface area contributed by atoms with Crippen LogP contribution in [0.2, 0.25) is 0 Å². The molecule has 0 atom stereocenters. The number of amides is 1. The van der Waals surface area contributed by atoms with Crippen molar-refractivity contribution in [1.29, 1.82) is 0 Å². The number of nitrogens with one attached hydrogen (secondary N) is 3. The van der Waals surface area contributed by atoms with Crippen LogP contribution in [0.25, 0.3) is 0 Å². The molecular formula is C17H37IN4O. The zero-order valence-corrected chi connectivity index (χ0v) is 17.9. The maximum absolute atomic E-state index is 11.5. The summed E-state index contributed by atoms with van der Waals surface area (Å²) in [4.78, 5) is 15.7. The zero-order valence-electron chi connectivity index (χ0n) is 15.6. The van der Waals surface area contributed by atoms with Crippen LogP contribution in [0.15, 0.2) is 4.99 Å². The lowest BCUT2D eigenvalue weighted by molar-refractivity contribution is -0.121. The van der Waals surface area contributed by atoms with Crippen LogP contribution in [0, 0.1) is 5.92 Å².